The van der Waals surface area contributed by atoms with Gasteiger partial charge in [0, 0.05) is 19.3 Å². The van der Waals surface area contributed by atoms with Crippen molar-refractivity contribution in [3.8, 4) is 0 Å². The van der Waals surface area contributed by atoms with Gasteiger partial charge in [-0.3, -0.25) is 4.79 Å². The number of aromatic nitrogens is 3. The molecule has 0 aliphatic heterocycles. The molecule has 0 aliphatic carbocycles. The highest BCUT2D eigenvalue weighted by Gasteiger charge is 2.19. The molecule has 108 valence electrons. The Kier molecular flexibility index (Phi) is 4.95. The van der Waals surface area contributed by atoms with E-state index in [1.165, 1.54) is 12.4 Å². The standard InChI is InChI=1S/C11H12BrFN4O2S/c1-6(5-19-2)15-11(18)7-4-17(20-13)10-9(7)16-8(12)3-14-10/h3-4,6H,5H2,1-2H3,(H,15,18). The summed E-state index contributed by atoms with van der Waals surface area (Å²) in [6.07, 6.45) is 2.82. The summed E-state index contributed by atoms with van der Waals surface area (Å²) in [5.74, 6) is -0.347. The van der Waals surface area contributed by atoms with E-state index in [0.29, 0.717) is 22.4 Å². The monoisotopic (exact) mass is 362 g/mol. The largest absolute Gasteiger partial charge is 0.383 e. The first-order valence-corrected chi connectivity index (χ1v) is 7.16. The van der Waals surface area contributed by atoms with E-state index in [1.807, 2.05) is 6.92 Å². The number of halogens is 2. The smallest absolute Gasteiger partial charge is 0.255 e. The van der Waals surface area contributed by atoms with Crippen LogP contribution in [-0.4, -0.2) is 39.6 Å². The van der Waals surface area contributed by atoms with Crippen LogP contribution in [0.1, 0.15) is 17.3 Å². The van der Waals surface area contributed by atoms with E-state index in [-0.39, 0.29) is 29.8 Å². The fraction of sp³-hybridized carbons (Fsp3) is 0.364. The molecule has 6 nitrogen and oxygen atoms in total. The van der Waals surface area contributed by atoms with Crippen LogP contribution in [0, 0.1) is 0 Å². The van der Waals surface area contributed by atoms with Gasteiger partial charge in [0.1, 0.15) is 10.1 Å². The van der Waals surface area contributed by atoms with Crippen LogP contribution in [0.2, 0.25) is 0 Å². The van der Waals surface area contributed by atoms with Gasteiger partial charge in [0.2, 0.25) is 0 Å². The van der Waals surface area contributed by atoms with Crippen LogP contribution >= 0.6 is 28.3 Å². The Bertz CT molecular complexity index is 636. The second-order valence-corrected chi connectivity index (χ2v) is 5.48. The summed E-state index contributed by atoms with van der Waals surface area (Å²) in [6.45, 7) is 2.20. The van der Waals surface area contributed by atoms with Gasteiger partial charge in [0.05, 0.1) is 18.4 Å². The molecular weight excluding hydrogens is 351 g/mol. The minimum atomic E-state index is -0.347. The summed E-state index contributed by atoms with van der Waals surface area (Å²) < 4.78 is 19.5. The third kappa shape index (κ3) is 3.10. The molecule has 2 heterocycles. The predicted octanol–water partition coefficient (Wildman–Crippen LogP) is 2.34. The van der Waals surface area contributed by atoms with Gasteiger partial charge in [-0.1, -0.05) is 0 Å². The quantitative estimate of drug-likeness (QED) is 0.883. The van der Waals surface area contributed by atoms with Gasteiger partial charge in [-0.25, -0.2) is 13.9 Å². The highest BCUT2D eigenvalue weighted by Crippen LogP contribution is 2.24. The number of nitrogens with one attached hydrogen (secondary N) is 1. The van der Waals surface area contributed by atoms with E-state index < -0.39 is 0 Å². The van der Waals surface area contributed by atoms with Gasteiger partial charge >= 0.3 is 0 Å². The first-order valence-electron chi connectivity index (χ1n) is 5.69. The molecule has 0 radical (unpaired) electrons. The molecule has 1 amide bonds. The van der Waals surface area contributed by atoms with Gasteiger partial charge in [-0.2, -0.15) is 0 Å². The van der Waals surface area contributed by atoms with Crippen molar-refractivity contribution in [3.63, 3.8) is 0 Å². The minimum absolute atomic E-state index is 0.0343. The summed E-state index contributed by atoms with van der Waals surface area (Å²) in [4.78, 5) is 20.4. The number of rotatable bonds is 5. The average molecular weight is 363 g/mol. The summed E-state index contributed by atoms with van der Waals surface area (Å²) in [5, 5.41) is 2.75. The van der Waals surface area contributed by atoms with Crippen molar-refractivity contribution < 1.29 is 13.4 Å². The van der Waals surface area contributed by atoms with E-state index in [2.05, 4.69) is 31.2 Å². The van der Waals surface area contributed by atoms with Crippen molar-refractivity contribution in [2.45, 2.75) is 13.0 Å². The van der Waals surface area contributed by atoms with Crippen LogP contribution in [0.5, 0.6) is 0 Å². The fourth-order valence-electron chi connectivity index (χ4n) is 1.75. The summed E-state index contributed by atoms with van der Waals surface area (Å²) in [6, 6.07) is -0.163. The lowest BCUT2D eigenvalue weighted by atomic mass is 10.2. The molecule has 0 saturated heterocycles. The van der Waals surface area contributed by atoms with Crippen LogP contribution in [0.3, 0.4) is 0 Å². The number of fused-ring (bicyclic) bond motifs is 1. The van der Waals surface area contributed by atoms with Crippen molar-refractivity contribution in [1.82, 2.24) is 19.3 Å². The molecule has 20 heavy (non-hydrogen) atoms. The molecule has 0 aliphatic rings. The van der Waals surface area contributed by atoms with Crippen LogP contribution in [-0.2, 0) is 4.74 Å². The molecule has 9 heteroatoms. The van der Waals surface area contributed by atoms with Gasteiger partial charge in [-0.05, 0) is 22.9 Å². The highest BCUT2D eigenvalue weighted by atomic mass is 79.9. The molecule has 0 bridgehead atoms. The maximum Gasteiger partial charge on any atom is 0.255 e. The Morgan fingerprint density at radius 3 is 3.10 bits per heavy atom. The topological polar surface area (TPSA) is 69.0 Å². The Balaban J connectivity index is 2.38. The Morgan fingerprint density at radius 2 is 2.45 bits per heavy atom. The number of carbonyl (C=O) groups is 1. The van der Waals surface area contributed by atoms with Crippen molar-refractivity contribution in [1.29, 1.82) is 0 Å². The maximum absolute atomic E-state index is 12.9. The lowest BCUT2D eigenvalue weighted by Gasteiger charge is -2.11. The molecular formula is C11H12BrFN4O2S. The normalized spacial score (nSPS) is 12.6. The highest BCUT2D eigenvalue weighted by molar-refractivity contribution is 9.10. The summed E-state index contributed by atoms with van der Waals surface area (Å²) in [7, 11) is 1.55. The summed E-state index contributed by atoms with van der Waals surface area (Å²) in [5.41, 5.74) is 0.902. The Labute approximate surface area is 127 Å². The second-order valence-electron chi connectivity index (χ2n) is 4.13. The van der Waals surface area contributed by atoms with E-state index >= 15 is 0 Å². The minimum Gasteiger partial charge on any atom is -0.383 e. The fourth-order valence-corrected chi connectivity index (χ4v) is 2.38. The zero-order valence-corrected chi connectivity index (χ0v) is 13.2. The number of amides is 1. The van der Waals surface area contributed by atoms with Crippen molar-refractivity contribution in [3.05, 3.63) is 22.6 Å². The van der Waals surface area contributed by atoms with Gasteiger partial charge in [-0.15, -0.1) is 3.89 Å². The third-order valence-electron chi connectivity index (χ3n) is 2.55. The molecule has 2 rings (SSSR count). The number of hydrogen-bond acceptors (Lipinski definition) is 5. The number of methoxy groups -OCH3 is 1. The lowest BCUT2D eigenvalue weighted by Crippen LogP contribution is -2.35. The SMILES string of the molecule is COCC(C)NC(=O)c1cn(SF)c2ncc(Br)nc12. The number of nitrogens with zero attached hydrogens (tertiary/aromatic N) is 3. The van der Waals surface area contributed by atoms with Crippen molar-refractivity contribution >= 4 is 45.3 Å². The van der Waals surface area contributed by atoms with Gasteiger partial charge in [0.15, 0.2) is 18.0 Å². The zero-order chi connectivity index (χ0) is 14.7. The molecule has 0 saturated carbocycles. The van der Waals surface area contributed by atoms with Gasteiger partial charge < -0.3 is 10.1 Å². The van der Waals surface area contributed by atoms with Crippen molar-refractivity contribution in [2.75, 3.05) is 13.7 Å². The van der Waals surface area contributed by atoms with E-state index in [0.717, 1.165) is 3.97 Å². The van der Waals surface area contributed by atoms with E-state index in [1.54, 1.807) is 7.11 Å². The predicted molar refractivity (Wildman–Crippen MR) is 78.1 cm³/mol. The molecule has 0 fully saturated rings. The van der Waals surface area contributed by atoms with Crippen molar-refractivity contribution in [2.24, 2.45) is 0 Å². The molecule has 1 atom stereocenters. The number of carbonyl (C=O) groups excluding carboxylic acids is 1. The molecule has 2 aromatic heterocycles. The molecule has 0 aromatic carbocycles. The zero-order valence-electron chi connectivity index (χ0n) is 10.8. The number of hydrogen-bond donors (Lipinski definition) is 1. The first-order chi connectivity index (χ1) is 9.56. The van der Waals surface area contributed by atoms with Crippen LogP contribution < -0.4 is 5.32 Å². The van der Waals surface area contributed by atoms with Crippen LogP contribution in [0.15, 0.2) is 17.0 Å². The first kappa shape index (κ1) is 15.2. The van der Waals surface area contributed by atoms with Crippen LogP contribution in [0.25, 0.3) is 11.2 Å². The van der Waals surface area contributed by atoms with E-state index in [4.69, 9.17) is 4.74 Å². The Hall–Kier alpha value is -1.19. The average Bonchev–Trinajstić information content (AvgIpc) is 2.76. The molecule has 0 spiro atoms. The second kappa shape index (κ2) is 6.51. The molecule has 1 unspecified atom stereocenters. The maximum atomic E-state index is 12.9. The molecule has 1 N–H and O–H groups in total. The van der Waals surface area contributed by atoms with Gasteiger partial charge in [0.25, 0.3) is 5.91 Å². The van der Waals surface area contributed by atoms with Crippen LogP contribution in [0.4, 0.5) is 3.89 Å². The van der Waals surface area contributed by atoms with E-state index in [9.17, 15) is 8.68 Å². The third-order valence-corrected chi connectivity index (χ3v) is 3.36. The Morgan fingerprint density at radius 1 is 1.70 bits per heavy atom. The lowest BCUT2D eigenvalue weighted by molar-refractivity contribution is 0.0907. The summed E-state index contributed by atoms with van der Waals surface area (Å²) >= 11 is 3.15. The molecule has 2 aromatic rings. The number of ether oxygens (including phenoxy) is 1.